The number of carbonyl (C=O) groups is 1. The summed E-state index contributed by atoms with van der Waals surface area (Å²) in [5.41, 5.74) is -0.850. The van der Waals surface area contributed by atoms with Crippen molar-refractivity contribution < 1.29 is 20.1 Å². The lowest BCUT2D eigenvalue weighted by molar-refractivity contribution is -0.151. The number of carboxylic acids is 1. The van der Waals surface area contributed by atoms with E-state index >= 15 is 0 Å². The highest BCUT2D eigenvalue weighted by Crippen LogP contribution is 2.32. The van der Waals surface area contributed by atoms with Crippen LogP contribution in [0.1, 0.15) is 32.6 Å². The first-order valence-electron chi connectivity index (χ1n) is 4.58. The van der Waals surface area contributed by atoms with E-state index < -0.39 is 11.4 Å². The molecule has 0 heterocycles. The molecule has 0 aromatic rings. The Kier molecular flexibility index (Phi) is 5.66. The van der Waals surface area contributed by atoms with E-state index in [-0.39, 0.29) is 19.6 Å². The van der Waals surface area contributed by atoms with Crippen molar-refractivity contribution in [2.24, 2.45) is 5.41 Å². The highest BCUT2D eigenvalue weighted by molar-refractivity contribution is 5.74. The molecule has 0 rings (SSSR count). The van der Waals surface area contributed by atoms with Crippen molar-refractivity contribution in [3.63, 3.8) is 0 Å². The second-order valence-corrected chi connectivity index (χ2v) is 3.24. The van der Waals surface area contributed by atoms with Crippen molar-refractivity contribution in [2.75, 3.05) is 13.2 Å². The van der Waals surface area contributed by atoms with Gasteiger partial charge in [0.05, 0.1) is 5.41 Å². The number of aliphatic carboxylic acids is 1. The molecule has 4 nitrogen and oxygen atoms in total. The van der Waals surface area contributed by atoms with Crippen LogP contribution in [0.5, 0.6) is 0 Å². The molecule has 0 bridgehead atoms. The molecule has 0 saturated heterocycles. The summed E-state index contributed by atoms with van der Waals surface area (Å²) in [6, 6.07) is 0. The third-order valence-corrected chi connectivity index (χ3v) is 2.53. The molecule has 0 aromatic carbocycles. The fourth-order valence-electron chi connectivity index (χ4n) is 1.48. The Morgan fingerprint density at radius 3 is 2.15 bits per heavy atom. The molecular weight excluding hydrogens is 172 g/mol. The van der Waals surface area contributed by atoms with Gasteiger partial charge in [0.2, 0.25) is 0 Å². The van der Waals surface area contributed by atoms with Gasteiger partial charge in [-0.05, 0) is 25.7 Å². The molecule has 0 aliphatic rings. The van der Waals surface area contributed by atoms with E-state index in [4.69, 9.17) is 15.3 Å². The highest BCUT2D eigenvalue weighted by atomic mass is 16.4. The summed E-state index contributed by atoms with van der Waals surface area (Å²) < 4.78 is 0. The standard InChI is InChI=1S/C9H18O4/c1-2-9(5-7-11,8(12)13)4-3-6-10/h10-11H,2-7H2,1H3,(H,12,13). The van der Waals surface area contributed by atoms with Gasteiger partial charge in [0.1, 0.15) is 0 Å². The average molecular weight is 190 g/mol. The Balaban J connectivity index is 4.35. The topological polar surface area (TPSA) is 77.8 Å². The first-order valence-corrected chi connectivity index (χ1v) is 4.58. The van der Waals surface area contributed by atoms with E-state index in [1.54, 1.807) is 6.92 Å². The van der Waals surface area contributed by atoms with Crippen LogP contribution in [0.3, 0.4) is 0 Å². The van der Waals surface area contributed by atoms with E-state index in [0.717, 1.165) is 0 Å². The van der Waals surface area contributed by atoms with Crippen molar-refractivity contribution in [2.45, 2.75) is 32.6 Å². The van der Waals surface area contributed by atoms with E-state index in [2.05, 4.69) is 0 Å². The van der Waals surface area contributed by atoms with Crippen LogP contribution in [-0.4, -0.2) is 34.5 Å². The summed E-state index contributed by atoms with van der Waals surface area (Å²) in [5.74, 6) is -0.877. The van der Waals surface area contributed by atoms with E-state index in [0.29, 0.717) is 19.3 Å². The second-order valence-electron chi connectivity index (χ2n) is 3.24. The molecule has 0 saturated carbocycles. The van der Waals surface area contributed by atoms with E-state index in [1.165, 1.54) is 0 Å². The van der Waals surface area contributed by atoms with Crippen LogP contribution in [0.4, 0.5) is 0 Å². The first-order chi connectivity index (χ1) is 6.13. The molecule has 1 atom stereocenters. The third kappa shape index (κ3) is 3.32. The summed E-state index contributed by atoms with van der Waals surface area (Å²) in [5, 5.41) is 26.4. The van der Waals surface area contributed by atoms with Crippen molar-refractivity contribution in [3.8, 4) is 0 Å². The maximum atomic E-state index is 11.0. The number of carboxylic acid groups (broad SMARTS) is 1. The van der Waals surface area contributed by atoms with Gasteiger partial charge < -0.3 is 15.3 Å². The molecule has 13 heavy (non-hydrogen) atoms. The molecule has 3 N–H and O–H groups in total. The van der Waals surface area contributed by atoms with Gasteiger partial charge in [0.25, 0.3) is 0 Å². The Hall–Kier alpha value is -0.610. The van der Waals surface area contributed by atoms with Gasteiger partial charge in [-0.2, -0.15) is 0 Å². The van der Waals surface area contributed by atoms with Crippen molar-refractivity contribution >= 4 is 5.97 Å². The van der Waals surface area contributed by atoms with Gasteiger partial charge in [-0.3, -0.25) is 4.79 Å². The van der Waals surface area contributed by atoms with Crippen LogP contribution < -0.4 is 0 Å². The van der Waals surface area contributed by atoms with Crippen molar-refractivity contribution in [3.05, 3.63) is 0 Å². The Bertz CT molecular complexity index is 158. The van der Waals surface area contributed by atoms with Crippen molar-refractivity contribution in [1.29, 1.82) is 0 Å². The zero-order chi connectivity index (χ0) is 10.3. The Morgan fingerprint density at radius 1 is 1.23 bits per heavy atom. The first kappa shape index (κ1) is 12.4. The Morgan fingerprint density at radius 2 is 1.85 bits per heavy atom. The molecule has 0 aromatic heterocycles. The Labute approximate surface area is 78.2 Å². The molecule has 0 amide bonds. The molecule has 1 unspecified atom stereocenters. The quantitative estimate of drug-likeness (QED) is 0.550. The largest absolute Gasteiger partial charge is 0.481 e. The van der Waals surface area contributed by atoms with Gasteiger partial charge in [-0.15, -0.1) is 0 Å². The third-order valence-electron chi connectivity index (χ3n) is 2.53. The van der Waals surface area contributed by atoms with Crippen LogP contribution in [0.15, 0.2) is 0 Å². The fourth-order valence-corrected chi connectivity index (χ4v) is 1.48. The van der Waals surface area contributed by atoms with Crippen LogP contribution in [0.2, 0.25) is 0 Å². The van der Waals surface area contributed by atoms with E-state index in [1.807, 2.05) is 0 Å². The summed E-state index contributed by atoms with van der Waals surface area (Å²) in [6.07, 6.45) is 1.65. The minimum absolute atomic E-state index is 0.000455. The summed E-state index contributed by atoms with van der Waals surface area (Å²) in [4.78, 5) is 11.0. The molecule has 78 valence electrons. The molecule has 0 spiro atoms. The predicted molar refractivity (Wildman–Crippen MR) is 48.4 cm³/mol. The maximum Gasteiger partial charge on any atom is 0.309 e. The minimum Gasteiger partial charge on any atom is -0.481 e. The molecular formula is C9H18O4. The molecule has 4 heteroatoms. The number of aliphatic hydroxyl groups is 2. The number of hydrogen-bond acceptors (Lipinski definition) is 3. The van der Waals surface area contributed by atoms with Crippen LogP contribution >= 0.6 is 0 Å². The zero-order valence-electron chi connectivity index (χ0n) is 7.99. The SMILES string of the molecule is CCC(CCO)(CCCO)C(=O)O. The van der Waals surface area contributed by atoms with Crippen LogP contribution in [0.25, 0.3) is 0 Å². The fraction of sp³-hybridized carbons (Fsp3) is 0.889. The average Bonchev–Trinajstić information content (AvgIpc) is 2.12. The van der Waals surface area contributed by atoms with Gasteiger partial charge in [0, 0.05) is 13.2 Å². The number of aliphatic hydroxyl groups excluding tert-OH is 2. The normalized spacial score (nSPS) is 15.3. The summed E-state index contributed by atoms with van der Waals surface area (Å²) in [7, 11) is 0. The number of rotatable bonds is 7. The zero-order valence-corrected chi connectivity index (χ0v) is 7.99. The highest BCUT2D eigenvalue weighted by Gasteiger charge is 2.35. The monoisotopic (exact) mass is 190 g/mol. The second kappa shape index (κ2) is 5.94. The van der Waals surface area contributed by atoms with Crippen molar-refractivity contribution in [1.82, 2.24) is 0 Å². The number of hydrogen-bond donors (Lipinski definition) is 3. The lowest BCUT2D eigenvalue weighted by atomic mass is 9.78. The lowest BCUT2D eigenvalue weighted by Gasteiger charge is -2.26. The smallest absolute Gasteiger partial charge is 0.309 e. The molecule has 0 aliphatic carbocycles. The van der Waals surface area contributed by atoms with Crippen LogP contribution in [-0.2, 0) is 4.79 Å². The molecule has 0 radical (unpaired) electrons. The van der Waals surface area contributed by atoms with E-state index in [9.17, 15) is 4.79 Å². The predicted octanol–water partition coefficient (Wildman–Crippen LogP) is 0.622. The summed E-state index contributed by atoms with van der Waals surface area (Å²) >= 11 is 0. The lowest BCUT2D eigenvalue weighted by Crippen LogP contribution is -2.31. The van der Waals surface area contributed by atoms with Gasteiger partial charge in [-0.1, -0.05) is 6.92 Å². The van der Waals surface area contributed by atoms with Gasteiger partial charge in [-0.25, -0.2) is 0 Å². The molecule has 0 aliphatic heterocycles. The minimum atomic E-state index is -0.877. The van der Waals surface area contributed by atoms with Gasteiger partial charge >= 0.3 is 5.97 Å². The molecule has 0 fully saturated rings. The van der Waals surface area contributed by atoms with Gasteiger partial charge in [0.15, 0.2) is 0 Å². The van der Waals surface area contributed by atoms with Crippen LogP contribution in [0, 0.1) is 5.41 Å². The maximum absolute atomic E-state index is 11.0. The summed E-state index contributed by atoms with van der Waals surface area (Å²) in [6.45, 7) is 1.67.